The molecule has 4 heterocycles. The molecule has 1 aromatic heterocycles. The van der Waals surface area contributed by atoms with E-state index in [0.717, 1.165) is 42.0 Å². The highest BCUT2D eigenvalue weighted by molar-refractivity contribution is 7.92. The number of anilines is 4. The lowest BCUT2D eigenvalue weighted by atomic mass is 9.86. The molecule has 16 heteroatoms. The molecule has 4 aromatic rings. The van der Waals surface area contributed by atoms with Crippen LogP contribution in [-0.2, 0) is 26.0 Å². The molecule has 0 bridgehead atoms. The maximum atomic E-state index is 13.4. The van der Waals surface area contributed by atoms with Gasteiger partial charge in [0.25, 0.3) is 11.8 Å². The maximum Gasteiger partial charge on any atom is 0.262 e. The first-order chi connectivity index (χ1) is 27.6. The number of halogens is 1. The third-order valence-corrected chi connectivity index (χ3v) is 13.2. The fourth-order valence-corrected chi connectivity index (χ4v) is 9.04. The highest BCUT2D eigenvalue weighted by atomic mass is 35.5. The Morgan fingerprint density at radius 1 is 0.914 bits per heavy atom. The fourth-order valence-electron chi connectivity index (χ4n) is 7.70. The Labute approximate surface area is 342 Å². The minimum atomic E-state index is -3.59. The van der Waals surface area contributed by atoms with Crippen LogP contribution in [0, 0.1) is 6.92 Å². The number of hydrogen-bond acceptors (Lipinski definition) is 12. The van der Waals surface area contributed by atoms with Crippen molar-refractivity contribution < 1.29 is 32.3 Å². The minimum absolute atomic E-state index is 0.0717. The number of likely N-dealkylation sites (tertiary alicyclic amines) is 1. The molecule has 2 saturated heterocycles. The van der Waals surface area contributed by atoms with Crippen LogP contribution in [0.5, 0.6) is 5.75 Å². The highest BCUT2D eigenvalue weighted by Gasteiger charge is 2.44. The van der Waals surface area contributed by atoms with Crippen LogP contribution in [0.2, 0.25) is 5.02 Å². The van der Waals surface area contributed by atoms with E-state index in [1.807, 2.05) is 26.0 Å². The standard InChI is InChI=1S/C42H46ClN7O7S/c1-23(2)57-35-20-29(25(5)18-33(35)46-42-44-21-31(43)38(48-42)45-32-8-6-7-9-36(32)58(55,56)24(3)4)27-14-16-49(17-15-27)22-26-10-11-28-30(19-26)41(54)50(40(28)53)34-12-13-37(51)47-39(34)52/h6-11,18-21,23-24,27,34H,12-17,22H2,1-5H3,(H,47,51,52)(H2,44,45,46,48). The number of rotatable bonds is 12. The summed E-state index contributed by atoms with van der Waals surface area (Å²) in [7, 11) is -3.59. The second kappa shape index (κ2) is 16.5. The van der Waals surface area contributed by atoms with Gasteiger partial charge in [-0.15, -0.1) is 0 Å². The summed E-state index contributed by atoms with van der Waals surface area (Å²) >= 11 is 6.50. The lowest BCUT2D eigenvalue weighted by Crippen LogP contribution is -2.54. The summed E-state index contributed by atoms with van der Waals surface area (Å²) in [5.74, 6) is -0.666. The van der Waals surface area contributed by atoms with Crippen molar-refractivity contribution in [2.24, 2.45) is 0 Å². The zero-order valence-electron chi connectivity index (χ0n) is 33.0. The molecule has 4 amide bonds. The molecule has 1 atom stereocenters. The third kappa shape index (κ3) is 8.29. The maximum absolute atomic E-state index is 13.4. The van der Waals surface area contributed by atoms with E-state index in [2.05, 4.69) is 43.8 Å². The third-order valence-electron chi connectivity index (χ3n) is 10.7. The van der Waals surface area contributed by atoms with Crippen molar-refractivity contribution in [3.8, 4) is 5.75 Å². The second-order valence-corrected chi connectivity index (χ2v) is 18.4. The minimum Gasteiger partial charge on any atom is -0.489 e. The lowest BCUT2D eigenvalue weighted by molar-refractivity contribution is -0.136. The van der Waals surface area contributed by atoms with E-state index < -0.39 is 44.8 Å². The van der Waals surface area contributed by atoms with Crippen LogP contribution in [-0.4, -0.2) is 82.3 Å². The Morgan fingerprint density at radius 2 is 1.64 bits per heavy atom. The molecule has 0 radical (unpaired) electrons. The number of ether oxygens (including phenoxy) is 1. The SMILES string of the molecule is Cc1cc(Nc2ncc(Cl)c(Nc3ccccc3S(=O)(=O)C(C)C)n2)c(OC(C)C)cc1C1CCN(Cc2ccc3c(c2)C(=O)N(C2CCC(=O)NC2=O)C3=O)CC1. The van der Waals surface area contributed by atoms with Crippen molar-refractivity contribution in [3.63, 3.8) is 0 Å². The number of sulfone groups is 1. The van der Waals surface area contributed by atoms with Crippen molar-refractivity contribution in [3.05, 3.63) is 93.6 Å². The van der Waals surface area contributed by atoms with Gasteiger partial charge in [0.2, 0.25) is 17.8 Å². The summed E-state index contributed by atoms with van der Waals surface area (Å²) in [4.78, 5) is 63.1. The molecule has 1 unspecified atom stereocenters. The number of aryl methyl sites for hydroxylation is 1. The molecule has 304 valence electrons. The van der Waals surface area contributed by atoms with Crippen molar-refractivity contribution in [2.45, 2.75) is 95.1 Å². The Morgan fingerprint density at radius 3 is 2.34 bits per heavy atom. The molecule has 2 fully saturated rings. The molecular weight excluding hydrogens is 782 g/mol. The average Bonchev–Trinajstić information content (AvgIpc) is 3.42. The van der Waals surface area contributed by atoms with Gasteiger partial charge in [-0.05, 0) is 126 Å². The van der Waals surface area contributed by atoms with Gasteiger partial charge in [-0.1, -0.05) is 29.8 Å². The van der Waals surface area contributed by atoms with Gasteiger partial charge in [-0.25, -0.2) is 13.4 Å². The number of carbonyl (C=O) groups is 4. The lowest BCUT2D eigenvalue weighted by Gasteiger charge is -2.33. The van der Waals surface area contributed by atoms with Gasteiger partial charge in [-0.2, -0.15) is 4.98 Å². The normalized spacial score (nSPS) is 17.9. The summed E-state index contributed by atoms with van der Waals surface area (Å²) in [5.41, 5.74) is 4.72. The van der Waals surface area contributed by atoms with Crippen LogP contribution in [0.15, 0.2) is 65.7 Å². The molecule has 3 aromatic carbocycles. The van der Waals surface area contributed by atoms with E-state index >= 15 is 0 Å². The number of imide groups is 2. The molecular formula is C42H46ClN7O7S. The van der Waals surface area contributed by atoms with Gasteiger partial charge in [0, 0.05) is 13.0 Å². The second-order valence-electron chi connectivity index (χ2n) is 15.5. The van der Waals surface area contributed by atoms with Crippen LogP contribution in [0.4, 0.5) is 23.1 Å². The zero-order chi connectivity index (χ0) is 41.5. The topological polar surface area (TPSA) is 180 Å². The number of nitrogens with one attached hydrogen (secondary N) is 3. The van der Waals surface area contributed by atoms with Gasteiger partial charge in [0.1, 0.15) is 16.8 Å². The predicted octanol–water partition coefficient (Wildman–Crippen LogP) is 6.68. The molecule has 0 saturated carbocycles. The first kappa shape index (κ1) is 40.8. The largest absolute Gasteiger partial charge is 0.489 e. The van der Waals surface area contributed by atoms with Crippen LogP contribution >= 0.6 is 11.6 Å². The molecule has 0 spiro atoms. The van der Waals surface area contributed by atoms with Crippen LogP contribution in [0.25, 0.3) is 0 Å². The average molecular weight is 828 g/mol. The van der Waals surface area contributed by atoms with E-state index in [9.17, 15) is 27.6 Å². The van der Waals surface area contributed by atoms with E-state index in [-0.39, 0.29) is 57.7 Å². The first-order valence-electron chi connectivity index (χ1n) is 19.4. The van der Waals surface area contributed by atoms with Crippen LogP contribution < -0.4 is 20.7 Å². The Kier molecular flexibility index (Phi) is 11.6. The van der Waals surface area contributed by atoms with Crippen LogP contribution in [0.3, 0.4) is 0 Å². The Hall–Kier alpha value is -5.38. The molecule has 7 rings (SSSR count). The van der Waals surface area contributed by atoms with Gasteiger partial charge < -0.3 is 15.4 Å². The summed E-state index contributed by atoms with van der Waals surface area (Å²) in [6.07, 6.45) is 3.30. The van der Waals surface area contributed by atoms with Gasteiger partial charge in [0.05, 0.1) is 44.9 Å². The van der Waals surface area contributed by atoms with E-state index in [0.29, 0.717) is 23.7 Å². The predicted molar refractivity (Wildman–Crippen MR) is 220 cm³/mol. The van der Waals surface area contributed by atoms with E-state index in [1.165, 1.54) is 11.8 Å². The van der Waals surface area contributed by atoms with Gasteiger partial charge in [-0.3, -0.25) is 34.3 Å². The number of amides is 4. The number of carbonyl (C=O) groups excluding carboxylic acids is 4. The number of hydrogen-bond donors (Lipinski definition) is 3. The summed E-state index contributed by atoms with van der Waals surface area (Å²) in [5, 5.41) is 8.23. The van der Waals surface area contributed by atoms with E-state index in [1.54, 1.807) is 50.2 Å². The smallest absolute Gasteiger partial charge is 0.262 e. The summed E-state index contributed by atoms with van der Waals surface area (Å²) < 4.78 is 32.5. The monoisotopic (exact) mass is 827 g/mol. The van der Waals surface area contributed by atoms with Crippen molar-refractivity contribution in [1.29, 1.82) is 0 Å². The Bertz CT molecular complexity index is 2410. The molecule has 3 aliphatic heterocycles. The molecule has 3 aliphatic rings. The zero-order valence-corrected chi connectivity index (χ0v) is 34.5. The van der Waals surface area contributed by atoms with Crippen LogP contribution in [0.1, 0.15) is 96.7 Å². The highest BCUT2D eigenvalue weighted by Crippen LogP contribution is 2.39. The van der Waals surface area contributed by atoms with E-state index in [4.69, 9.17) is 16.3 Å². The van der Waals surface area contributed by atoms with Crippen molar-refractivity contribution in [2.75, 3.05) is 23.7 Å². The number of fused-ring (bicyclic) bond motifs is 1. The van der Waals surface area contributed by atoms with Crippen molar-refractivity contribution in [1.82, 2.24) is 25.1 Å². The summed E-state index contributed by atoms with van der Waals surface area (Å²) in [6, 6.07) is 15.0. The molecule has 3 N–H and O–H groups in total. The Balaban J connectivity index is 1.03. The fraction of sp³-hybridized carbons (Fsp3) is 0.381. The van der Waals surface area contributed by atoms with Gasteiger partial charge >= 0.3 is 0 Å². The number of aromatic nitrogens is 2. The quantitative estimate of drug-likeness (QED) is 0.129. The molecule has 58 heavy (non-hydrogen) atoms. The first-order valence-corrected chi connectivity index (χ1v) is 21.3. The number of benzene rings is 3. The number of nitrogens with zero attached hydrogens (tertiary/aromatic N) is 4. The summed E-state index contributed by atoms with van der Waals surface area (Å²) in [6.45, 7) is 11.5. The van der Waals surface area contributed by atoms with Crippen molar-refractivity contribution >= 4 is 68.2 Å². The number of piperidine rings is 2. The van der Waals surface area contributed by atoms with Gasteiger partial charge in [0.15, 0.2) is 15.7 Å². The molecule has 0 aliphatic carbocycles. The number of para-hydroxylation sites is 1. The molecule has 14 nitrogen and oxygen atoms in total.